The average molecular weight is 505 g/mol. The van der Waals surface area contributed by atoms with E-state index in [-0.39, 0.29) is 31.2 Å². The average Bonchev–Trinajstić information content (AvgIpc) is 3.31. The minimum absolute atomic E-state index is 0. The van der Waals surface area contributed by atoms with Gasteiger partial charge in [0.2, 0.25) is 5.91 Å². The van der Waals surface area contributed by atoms with Crippen molar-refractivity contribution in [2.45, 2.75) is 25.8 Å². The van der Waals surface area contributed by atoms with Gasteiger partial charge in [0.25, 0.3) is 5.91 Å². The van der Waals surface area contributed by atoms with E-state index >= 15 is 0 Å². The molecule has 3 aromatic rings. The molecule has 0 radical (unpaired) electrons. The lowest BCUT2D eigenvalue weighted by atomic mass is 9.99. The second-order valence-electron chi connectivity index (χ2n) is 7.71. The van der Waals surface area contributed by atoms with Gasteiger partial charge in [-0.1, -0.05) is 11.2 Å². The first-order chi connectivity index (χ1) is 16.3. The summed E-state index contributed by atoms with van der Waals surface area (Å²) >= 11 is 0. The van der Waals surface area contributed by atoms with Gasteiger partial charge in [0.1, 0.15) is 17.7 Å². The molecule has 1 atom stereocenters. The quantitative estimate of drug-likeness (QED) is 0.325. The number of carbonyl (C=O) groups excluding carboxylic acids is 2. The fourth-order valence-electron chi connectivity index (χ4n) is 3.60. The van der Waals surface area contributed by atoms with Gasteiger partial charge in [-0.15, -0.1) is 0 Å². The molecule has 1 aromatic heterocycles. The number of amides is 2. The maximum Gasteiger partial charge on any atom is 0.282 e. The second kappa shape index (κ2) is 12.1. The van der Waals surface area contributed by atoms with Crippen molar-refractivity contribution >= 4 is 17.5 Å². The summed E-state index contributed by atoms with van der Waals surface area (Å²) in [4.78, 5) is 23.6. The van der Waals surface area contributed by atoms with Crippen LogP contribution in [-0.2, 0) is 9.59 Å². The SMILES string of the molecule is COc1ccc(-c2conc2-c2cc(C)c(OC)c(OC)c2)cc1NC(=O)C([NH3+])CCC(N)=O.[Cl-]. The summed E-state index contributed by atoms with van der Waals surface area (Å²) in [6.45, 7) is 1.92. The van der Waals surface area contributed by atoms with E-state index < -0.39 is 11.9 Å². The number of aryl methyl sites for hydroxylation is 1. The highest BCUT2D eigenvalue weighted by Crippen LogP contribution is 2.40. The van der Waals surface area contributed by atoms with Crippen LogP contribution in [0.25, 0.3) is 22.4 Å². The Morgan fingerprint density at radius 3 is 2.43 bits per heavy atom. The molecule has 3 rings (SSSR count). The maximum atomic E-state index is 12.6. The highest BCUT2D eigenvalue weighted by Gasteiger charge is 2.21. The highest BCUT2D eigenvalue weighted by molar-refractivity contribution is 5.96. The van der Waals surface area contributed by atoms with E-state index in [4.69, 9.17) is 24.5 Å². The zero-order chi connectivity index (χ0) is 24.8. The number of halogens is 1. The van der Waals surface area contributed by atoms with E-state index in [0.717, 1.165) is 16.7 Å². The Morgan fingerprint density at radius 2 is 1.80 bits per heavy atom. The smallest absolute Gasteiger partial charge is 0.282 e. The first kappa shape index (κ1) is 27.5. The standard InChI is InChI=1S/C24H28N4O6.ClH/c1-13-9-15(11-20(32-3)23(13)33-4)22-16(12-34-28-22)14-5-7-19(31-2)18(10-14)27-24(30)17(25)6-8-21(26)29;/h5,7,9-12,17H,6,8,25H2,1-4H3,(H2,26,29)(H,27,30);1H. The number of aromatic nitrogens is 1. The normalized spacial score (nSPS) is 11.2. The van der Waals surface area contributed by atoms with Crippen molar-refractivity contribution in [2.24, 2.45) is 5.73 Å². The van der Waals surface area contributed by atoms with Crippen LogP contribution < -0.4 is 43.4 Å². The summed E-state index contributed by atoms with van der Waals surface area (Å²) in [5.41, 5.74) is 13.2. The summed E-state index contributed by atoms with van der Waals surface area (Å²) < 4.78 is 21.6. The number of hydrogen-bond donors (Lipinski definition) is 3. The molecule has 0 bridgehead atoms. The van der Waals surface area contributed by atoms with Crippen molar-refractivity contribution in [3.05, 3.63) is 42.2 Å². The lowest BCUT2D eigenvalue weighted by molar-refractivity contribution is -0.403. The number of quaternary nitrogens is 1. The zero-order valence-corrected chi connectivity index (χ0v) is 20.8. The Labute approximate surface area is 209 Å². The van der Waals surface area contributed by atoms with Crippen molar-refractivity contribution in [1.29, 1.82) is 0 Å². The van der Waals surface area contributed by atoms with Gasteiger partial charge in [-0.25, -0.2) is 0 Å². The fraction of sp³-hybridized carbons (Fsp3) is 0.292. The largest absolute Gasteiger partial charge is 1.00 e. The van der Waals surface area contributed by atoms with Crippen LogP contribution >= 0.6 is 0 Å². The van der Waals surface area contributed by atoms with Gasteiger partial charge in [-0.2, -0.15) is 0 Å². The number of nitrogens with two attached hydrogens (primary N) is 1. The number of rotatable bonds is 10. The van der Waals surface area contributed by atoms with Crippen LogP contribution in [0.2, 0.25) is 0 Å². The number of nitrogens with zero attached hydrogens (tertiary/aromatic N) is 1. The van der Waals surface area contributed by atoms with Gasteiger partial charge < -0.3 is 47.9 Å². The molecule has 0 spiro atoms. The van der Waals surface area contributed by atoms with E-state index in [2.05, 4.69) is 16.2 Å². The minimum atomic E-state index is -0.651. The first-order valence-electron chi connectivity index (χ1n) is 10.6. The van der Waals surface area contributed by atoms with Crippen molar-refractivity contribution in [1.82, 2.24) is 5.16 Å². The Hall–Kier alpha value is -3.76. The predicted molar refractivity (Wildman–Crippen MR) is 126 cm³/mol. The molecule has 0 saturated carbocycles. The van der Waals surface area contributed by atoms with Crippen LogP contribution in [0.15, 0.2) is 41.1 Å². The van der Waals surface area contributed by atoms with Crippen LogP contribution in [0.4, 0.5) is 5.69 Å². The molecule has 0 aliphatic heterocycles. The molecule has 2 amide bonds. The molecule has 2 aromatic carbocycles. The number of ether oxygens (including phenoxy) is 3. The summed E-state index contributed by atoms with van der Waals surface area (Å²) in [6, 6.07) is 8.45. The predicted octanol–water partition coefficient (Wildman–Crippen LogP) is -0.839. The summed E-state index contributed by atoms with van der Waals surface area (Å²) in [5, 5.41) is 7.02. The van der Waals surface area contributed by atoms with Crippen LogP contribution in [0, 0.1) is 6.92 Å². The molecule has 188 valence electrons. The molecule has 0 aliphatic carbocycles. The lowest BCUT2D eigenvalue weighted by Gasteiger charge is -2.14. The Kier molecular flexibility index (Phi) is 9.50. The molecule has 0 aliphatic rings. The number of benzene rings is 2. The molecular weight excluding hydrogens is 476 g/mol. The molecule has 6 N–H and O–H groups in total. The third-order valence-corrected chi connectivity index (χ3v) is 5.39. The van der Waals surface area contributed by atoms with Crippen molar-refractivity contribution < 1.29 is 46.5 Å². The van der Waals surface area contributed by atoms with Gasteiger partial charge in [0.05, 0.1) is 27.0 Å². The lowest BCUT2D eigenvalue weighted by Crippen LogP contribution is -3.00. The summed E-state index contributed by atoms with van der Waals surface area (Å²) in [7, 11) is 4.67. The molecule has 0 saturated heterocycles. The zero-order valence-electron chi connectivity index (χ0n) is 20.0. The monoisotopic (exact) mass is 504 g/mol. The Bertz CT molecular complexity index is 1200. The summed E-state index contributed by atoms with van der Waals surface area (Å²) in [6.07, 6.45) is 1.86. The van der Waals surface area contributed by atoms with Gasteiger partial charge in [0.15, 0.2) is 17.5 Å². The number of methoxy groups -OCH3 is 3. The fourth-order valence-corrected chi connectivity index (χ4v) is 3.60. The topological polar surface area (TPSA) is 154 Å². The molecule has 11 heteroatoms. The number of nitrogens with one attached hydrogen (secondary N) is 1. The van der Waals surface area contributed by atoms with Crippen LogP contribution in [0.3, 0.4) is 0 Å². The number of hydrogen-bond acceptors (Lipinski definition) is 7. The molecular formula is C24H29ClN4O6. The van der Waals surface area contributed by atoms with Gasteiger partial charge >= 0.3 is 0 Å². The first-order valence-corrected chi connectivity index (χ1v) is 10.6. The van der Waals surface area contributed by atoms with Crippen LogP contribution in [0.5, 0.6) is 17.2 Å². The summed E-state index contributed by atoms with van der Waals surface area (Å²) in [5.74, 6) is 0.861. The highest BCUT2D eigenvalue weighted by atomic mass is 35.5. The van der Waals surface area contributed by atoms with E-state index in [9.17, 15) is 9.59 Å². The van der Waals surface area contributed by atoms with Crippen molar-refractivity contribution in [3.8, 4) is 39.6 Å². The van der Waals surface area contributed by atoms with Gasteiger partial charge in [0, 0.05) is 24.0 Å². The van der Waals surface area contributed by atoms with Crippen LogP contribution in [0.1, 0.15) is 18.4 Å². The van der Waals surface area contributed by atoms with Crippen molar-refractivity contribution in [2.75, 3.05) is 26.6 Å². The van der Waals surface area contributed by atoms with Crippen molar-refractivity contribution in [3.63, 3.8) is 0 Å². The second-order valence-corrected chi connectivity index (χ2v) is 7.71. The number of primary amides is 1. The molecule has 1 heterocycles. The third-order valence-electron chi connectivity index (χ3n) is 5.39. The number of carbonyl (C=O) groups is 2. The minimum Gasteiger partial charge on any atom is -1.00 e. The molecule has 0 fully saturated rings. The Morgan fingerprint density at radius 1 is 1.09 bits per heavy atom. The third kappa shape index (κ3) is 6.23. The van der Waals surface area contributed by atoms with E-state index in [1.165, 1.54) is 13.4 Å². The molecule has 10 nitrogen and oxygen atoms in total. The Balaban J connectivity index is 0.00000432. The number of anilines is 1. The van der Waals surface area contributed by atoms with Gasteiger partial charge in [-0.05, 0) is 42.3 Å². The van der Waals surface area contributed by atoms with Gasteiger partial charge in [-0.3, -0.25) is 9.59 Å². The molecule has 35 heavy (non-hydrogen) atoms. The van der Waals surface area contributed by atoms with E-state index in [1.807, 2.05) is 25.1 Å². The molecule has 1 unspecified atom stereocenters. The maximum absolute atomic E-state index is 12.6. The van der Waals surface area contributed by atoms with E-state index in [1.54, 1.807) is 26.4 Å². The van der Waals surface area contributed by atoms with E-state index in [0.29, 0.717) is 34.2 Å². The van der Waals surface area contributed by atoms with Crippen LogP contribution in [-0.4, -0.2) is 44.3 Å².